The van der Waals surface area contributed by atoms with E-state index >= 15 is 0 Å². The van der Waals surface area contributed by atoms with Crippen molar-refractivity contribution in [2.24, 2.45) is 4.99 Å². The molecule has 0 saturated carbocycles. The van der Waals surface area contributed by atoms with Crippen LogP contribution in [0.1, 0.15) is 24.0 Å². The first-order valence-corrected chi connectivity index (χ1v) is 9.73. The first-order valence-electron chi connectivity index (χ1n) is 9.73. The minimum atomic E-state index is -0.240. The lowest BCUT2D eigenvalue weighted by molar-refractivity contribution is 0.181. The Morgan fingerprint density at radius 3 is 2.76 bits per heavy atom. The van der Waals surface area contributed by atoms with Crippen LogP contribution in [-0.4, -0.2) is 39.2 Å². The second-order valence-electron chi connectivity index (χ2n) is 7.05. The third-order valence-electron chi connectivity index (χ3n) is 4.98. The maximum atomic E-state index is 13.8. The van der Waals surface area contributed by atoms with Crippen molar-refractivity contribution in [2.45, 2.75) is 32.0 Å². The van der Waals surface area contributed by atoms with Gasteiger partial charge in [0.25, 0.3) is 0 Å². The highest BCUT2D eigenvalue weighted by Crippen LogP contribution is 2.19. The van der Waals surface area contributed by atoms with E-state index in [2.05, 4.69) is 44.8 Å². The van der Waals surface area contributed by atoms with Gasteiger partial charge in [-0.05, 0) is 42.7 Å². The number of benzene rings is 2. The van der Waals surface area contributed by atoms with E-state index in [9.17, 15) is 4.39 Å². The molecule has 5 nitrogen and oxygen atoms in total. The van der Waals surface area contributed by atoms with E-state index in [0.29, 0.717) is 18.2 Å². The van der Waals surface area contributed by atoms with E-state index in [1.165, 1.54) is 11.8 Å². The molecule has 3 rings (SSSR count). The molecule has 2 aromatic carbocycles. The number of piperidine rings is 1. The third kappa shape index (κ3) is 6.85. The highest BCUT2D eigenvalue weighted by Gasteiger charge is 2.20. The SMILES string of the molecule is CN=C(NCc1ccc(F)c(COC)c1)NC1CCCN(c2ccccc2)C1.I. The van der Waals surface area contributed by atoms with Gasteiger partial charge in [0.05, 0.1) is 6.61 Å². The molecule has 1 aliphatic rings. The van der Waals surface area contributed by atoms with Crippen LogP contribution < -0.4 is 15.5 Å². The van der Waals surface area contributed by atoms with Crippen LogP contribution in [0.25, 0.3) is 0 Å². The van der Waals surface area contributed by atoms with Crippen LogP contribution in [0.3, 0.4) is 0 Å². The van der Waals surface area contributed by atoms with Crippen molar-refractivity contribution in [1.82, 2.24) is 10.6 Å². The molecule has 1 atom stereocenters. The molecular weight excluding hydrogens is 482 g/mol. The minimum Gasteiger partial charge on any atom is -0.380 e. The molecule has 0 amide bonds. The Balaban J connectivity index is 0.00000300. The summed E-state index contributed by atoms with van der Waals surface area (Å²) in [6.07, 6.45) is 2.25. The standard InChI is InChI=1S/C22H29FN4O.HI/c1-24-22(25-14-17-10-11-21(23)18(13-17)16-28-2)26-19-7-6-12-27(15-19)20-8-4-3-5-9-20;/h3-5,8-11,13,19H,6-7,12,14-16H2,1-2H3,(H2,24,25,26);1H. The molecule has 0 aromatic heterocycles. The number of para-hydroxylation sites is 1. The molecule has 0 radical (unpaired) electrons. The number of hydrogen-bond acceptors (Lipinski definition) is 3. The number of anilines is 1. The average molecular weight is 512 g/mol. The Hall–Kier alpha value is -1.87. The van der Waals surface area contributed by atoms with Crippen molar-refractivity contribution in [1.29, 1.82) is 0 Å². The van der Waals surface area contributed by atoms with Crippen LogP contribution in [-0.2, 0) is 17.9 Å². The number of hydrogen-bond donors (Lipinski definition) is 2. The molecule has 0 aliphatic carbocycles. The molecule has 7 heteroatoms. The second kappa shape index (κ2) is 12.0. The van der Waals surface area contributed by atoms with Gasteiger partial charge in [-0.1, -0.05) is 24.3 Å². The molecule has 1 aliphatic heterocycles. The van der Waals surface area contributed by atoms with Crippen LogP contribution in [0.4, 0.5) is 10.1 Å². The fraction of sp³-hybridized carbons (Fsp3) is 0.409. The Morgan fingerprint density at radius 1 is 1.24 bits per heavy atom. The molecule has 1 saturated heterocycles. The summed E-state index contributed by atoms with van der Waals surface area (Å²) in [7, 11) is 3.34. The lowest BCUT2D eigenvalue weighted by Crippen LogP contribution is -2.51. The van der Waals surface area contributed by atoms with Crippen LogP contribution in [0.5, 0.6) is 0 Å². The summed E-state index contributed by atoms with van der Waals surface area (Å²) >= 11 is 0. The predicted molar refractivity (Wildman–Crippen MR) is 128 cm³/mol. The molecule has 2 aromatic rings. The lowest BCUT2D eigenvalue weighted by atomic mass is 10.0. The van der Waals surface area contributed by atoms with Gasteiger partial charge in [-0.15, -0.1) is 24.0 Å². The number of guanidine groups is 1. The summed E-state index contributed by atoms with van der Waals surface area (Å²) < 4.78 is 18.8. The van der Waals surface area contributed by atoms with E-state index in [0.717, 1.165) is 37.5 Å². The van der Waals surface area contributed by atoms with Crippen molar-refractivity contribution in [2.75, 3.05) is 32.1 Å². The number of nitrogens with one attached hydrogen (secondary N) is 2. The fourth-order valence-corrected chi connectivity index (χ4v) is 3.55. The second-order valence-corrected chi connectivity index (χ2v) is 7.05. The Bertz CT molecular complexity index is 788. The molecule has 0 spiro atoms. The van der Waals surface area contributed by atoms with Crippen molar-refractivity contribution in [3.8, 4) is 0 Å². The molecule has 1 heterocycles. The molecule has 2 N–H and O–H groups in total. The quantitative estimate of drug-likeness (QED) is 0.350. The van der Waals surface area contributed by atoms with Crippen LogP contribution in [0, 0.1) is 5.82 Å². The van der Waals surface area contributed by atoms with Crippen molar-refractivity contribution >= 4 is 35.6 Å². The maximum Gasteiger partial charge on any atom is 0.191 e. The fourth-order valence-electron chi connectivity index (χ4n) is 3.55. The van der Waals surface area contributed by atoms with Gasteiger partial charge >= 0.3 is 0 Å². The van der Waals surface area contributed by atoms with Crippen LogP contribution in [0.15, 0.2) is 53.5 Å². The summed E-state index contributed by atoms with van der Waals surface area (Å²) in [5, 5.41) is 6.86. The highest BCUT2D eigenvalue weighted by atomic mass is 127. The van der Waals surface area contributed by atoms with Crippen LogP contribution >= 0.6 is 24.0 Å². The number of aliphatic imine (C=N–C) groups is 1. The predicted octanol–water partition coefficient (Wildman–Crippen LogP) is 3.92. The molecule has 0 bridgehead atoms. The van der Waals surface area contributed by atoms with E-state index in [1.807, 2.05) is 12.1 Å². The zero-order chi connectivity index (χ0) is 19.8. The van der Waals surface area contributed by atoms with Gasteiger partial charge in [-0.25, -0.2) is 4.39 Å². The monoisotopic (exact) mass is 512 g/mol. The molecule has 29 heavy (non-hydrogen) atoms. The summed E-state index contributed by atoms with van der Waals surface area (Å²) in [4.78, 5) is 6.76. The maximum absolute atomic E-state index is 13.8. The van der Waals surface area contributed by atoms with Crippen molar-refractivity contribution in [3.05, 3.63) is 65.5 Å². The zero-order valence-corrected chi connectivity index (χ0v) is 19.4. The number of ether oxygens (including phenoxy) is 1. The van der Waals surface area contributed by atoms with Gasteiger partial charge in [-0.3, -0.25) is 4.99 Å². The molecule has 158 valence electrons. The Morgan fingerprint density at radius 2 is 2.03 bits per heavy atom. The van der Waals surface area contributed by atoms with Gasteiger partial charge in [0, 0.05) is 51.1 Å². The van der Waals surface area contributed by atoms with Crippen molar-refractivity contribution < 1.29 is 9.13 Å². The third-order valence-corrected chi connectivity index (χ3v) is 4.98. The lowest BCUT2D eigenvalue weighted by Gasteiger charge is -2.35. The smallest absolute Gasteiger partial charge is 0.191 e. The summed E-state index contributed by atoms with van der Waals surface area (Å²) in [6, 6.07) is 15.9. The largest absolute Gasteiger partial charge is 0.380 e. The van der Waals surface area contributed by atoms with E-state index in [-0.39, 0.29) is 36.4 Å². The topological polar surface area (TPSA) is 48.9 Å². The van der Waals surface area contributed by atoms with Gasteiger partial charge in [-0.2, -0.15) is 0 Å². The summed E-state index contributed by atoms with van der Waals surface area (Å²) in [5.74, 6) is 0.522. The molecular formula is C22H30FIN4O. The highest BCUT2D eigenvalue weighted by molar-refractivity contribution is 14.0. The zero-order valence-electron chi connectivity index (χ0n) is 17.0. The molecule has 1 unspecified atom stereocenters. The first-order chi connectivity index (χ1) is 13.7. The number of halogens is 2. The summed E-state index contributed by atoms with van der Waals surface area (Å²) in [5.41, 5.74) is 2.82. The summed E-state index contributed by atoms with van der Waals surface area (Å²) in [6.45, 7) is 2.86. The van der Waals surface area contributed by atoms with Crippen LogP contribution in [0.2, 0.25) is 0 Å². The van der Waals surface area contributed by atoms with Gasteiger partial charge in [0.2, 0.25) is 0 Å². The average Bonchev–Trinajstić information content (AvgIpc) is 2.74. The van der Waals surface area contributed by atoms with Gasteiger partial charge in [0.1, 0.15) is 5.82 Å². The minimum absolute atomic E-state index is 0. The molecule has 1 fully saturated rings. The Kier molecular flexibility index (Phi) is 9.66. The van der Waals surface area contributed by atoms with E-state index < -0.39 is 0 Å². The number of methoxy groups -OCH3 is 1. The van der Waals surface area contributed by atoms with Gasteiger partial charge < -0.3 is 20.3 Å². The number of rotatable bonds is 6. The van der Waals surface area contributed by atoms with E-state index in [1.54, 1.807) is 20.2 Å². The van der Waals surface area contributed by atoms with Crippen molar-refractivity contribution in [3.63, 3.8) is 0 Å². The van der Waals surface area contributed by atoms with Gasteiger partial charge in [0.15, 0.2) is 5.96 Å². The Labute approximate surface area is 189 Å². The van der Waals surface area contributed by atoms with E-state index in [4.69, 9.17) is 4.74 Å². The number of nitrogens with zero attached hydrogens (tertiary/aromatic N) is 2. The normalized spacial score (nSPS) is 16.9. The first kappa shape index (κ1) is 23.4.